The summed E-state index contributed by atoms with van der Waals surface area (Å²) < 4.78 is 13.2. The summed E-state index contributed by atoms with van der Waals surface area (Å²) in [6.07, 6.45) is 0. The second-order valence-corrected chi connectivity index (χ2v) is 7.26. The van der Waals surface area contributed by atoms with Gasteiger partial charge in [0.05, 0.1) is 0 Å². The van der Waals surface area contributed by atoms with Gasteiger partial charge in [-0.15, -0.1) is 0 Å². The Morgan fingerprint density at radius 2 is 1.96 bits per heavy atom. The fourth-order valence-corrected chi connectivity index (χ4v) is 3.42. The monoisotopic (exact) mass is 344 g/mol. The van der Waals surface area contributed by atoms with Gasteiger partial charge in [0.15, 0.2) is 0 Å². The van der Waals surface area contributed by atoms with Crippen molar-refractivity contribution in [3.63, 3.8) is 0 Å². The normalized spacial score (nSPS) is 20.7. The van der Waals surface area contributed by atoms with Gasteiger partial charge < -0.3 is 9.80 Å². The summed E-state index contributed by atoms with van der Waals surface area (Å²) >= 11 is 0. The van der Waals surface area contributed by atoms with E-state index in [0.717, 1.165) is 11.3 Å². The van der Waals surface area contributed by atoms with E-state index >= 15 is 0 Å². The van der Waals surface area contributed by atoms with Gasteiger partial charge in [0.1, 0.15) is 11.5 Å². The molecule has 5 nitrogen and oxygen atoms in total. The molecule has 0 bridgehead atoms. The van der Waals surface area contributed by atoms with Gasteiger partial charge >= 0.3 is 0 Å². The van der Waals surface area contributed by atoms with Crippen molar-refractivity contribution < 1.29 is 9.18 Å². The van der Waals surface area contributed by atoms with Crippen LogP contribution in [0, 0.1) is 5.82 Å². The fraction of sp³-hybridized carbons (Fsp3) is 0.474. The summed E-state index contributed by atoms with van der Waals surface area (Å²) in [6, 6.07) is 8.62. The molecule has 1 aromatic heterocycles. The second-order valence-electron chi connectivity index (χ2n) is 7.26. The third-order valence-electron chi connectivity index (χ3n) is 4.98. The summed E-state index contributed by atoms with van der Waals surface area (Å²) in [6.45, 7) is 5.36. The number of hydrogen-bond acceptors (Lipinski definition) is 3. The molecule has 2 aromatic rings. The quantitative estimate of drug-likeness (QED) is 0.928. The zero-order valence-corrected chi connectivity index (χ0v) is 15.2. The Kier molecular flexibility index (Phi) is 4.90. The van der Waals surface area contributed by atoms with Crippen LogP contribution in [0.5, 0.6) is 0 Å². The molecule has 0 unspecified atom stereocenters. The van der Waals surface area contributed by atoms with E-state index in [1.807, 2.05) is 37.2 Å². The number of hydrogen-bond donors (Lipinski definition) is 1. The highest BCUT2D eigenvalue weighted by atomic mass is 19.1. The number of nitrogens with one attached hydrogen (secondary N) is 1. The van der Waals surface area contributed by atoms with E-state index in [1.54, 1.807) is 0 Å². The van der Waals surface area contributed by atoms with Crippen LogP contribution in [0.3, 0.4) is 0 Å². The molecule has 25 heavy (non-hydrogen) atoms. The first-order valence-electron chi connectivity index (χ1n) is 8.63. The maximum atomic E-state index is 13.2. The lowest BCUT2D eigenvalue weighted by molar-refractivity contribution is 0.0776. The smallest absolute Gasteiger partial charge is 0.274 e. The number of benzene rings is 1. The maximum Gasteiger partial charge on any atom is 0.274 e. The number of carbonyl (C=O) groups is 1. The summed E-state index contributed by atoms with van der Waals surface area (Å²) in [5.41, 5.74) is 2.48. The van der Waals surface area contributed by atoms with Gasteiger partial charge in [-0.2, -0.15) is 5.10 Å². The number of aromatic amines is 1. The first kappa shape index (κ1) is 17.6. The molecule has 1 aliphatic rings. The highest BCUT2D eigenvalue weighted by Gasteiger charge is 2.38. The van der Waals surface area contributed by atoms with E-state index in [4.69, 9.17) is 0 Å². The number of nitrogens with zero attached hydrogens (tertiary/aromatic N) is 3. The van der Waals surface area contributed by atoms with E-state index in [0.29, 0.717) is 24.7 Å². The van der Waals surface area contributed by atoms with Crippen molar-refractivity contribution in [1.29, 1.82) is 0 Å². The Labute approximate surface area is 147 Å². The van der Waals surface area contributed by atoms with E-state index in [-0.39, 0.29) is 23.7 Å². The van der Waals surface area contributed by atoms with E-state index in [1.165, 1.54) is 12.1 Å². The highest BCUT2D eigenvalue weighted by molar-refractivity contribution is 5.92. The molecule has 0 aliphatic carbocycles. The first-order valence-corrected chi connectivity index (χ1v) is 8.63. The number of carbonyl (C=O) groups excluding carboxylic acids is 1. The molecule has 1 aromatic carbocycles. The molecule has 1 fully saturated rings. The summed E-state index contributed by atoms with van der Waals surface area (Å²) in [7, 11) is 4.03. The van der Waals surface area contributed by atoms with Crippen molar-refractivity contribution in [2.45, 2.75) is 31.7 Å². The standard InChI is InChI=1S/C19H25FN4O/c1-12(2)16-9-17(22-21-16)19(25)24-10-15(18(11-24)23(3)4)13-5-7-14(20)8-6-13/h5-9,12,15,18H,10-11H2,1-4H3,(H,21,22)/t15-,18+/m0/s1. The topological polar surface area (TPSA) is 52.2 Å². The molecular weight excluding hydrogens is 319 g/mol. The number of amides is 1. The van der Waals surface area contributed by atoms with Gasteiger partial charge in [-0.3, -0.25) is 9.89 Å². The predicted octanol–water partition coefficient (Wildman–Crippen LogP) is 2.84. The molecule has 2 atom stereocenters. The average Bonchev–Trinajstić information content (AvgIpc) is 3.22. The zero-order chi connectivity index (χ0) is 18.1. The minimum absolute atomic E-state index is 0.0559. The number of H-pyrrole nitrogens is 1. The molecule has 0 radical (unpaired) electrons. The van der Waals surface area contributed by atoms with Crippen LogP contribution in [-0.4, -0.2) is 59.1 Å². The average molecular weight is 344 g/mol. The van der Waals surface area contributed by atoms with Crippen LogP contribution in [-0.2, 0) is 0 Å². The van der Waals surface area contributed by atoms with Crippen molar-refractivity contribution >= 4 is 5.91 Å². The zero-order valence-electron chi connectivity index (χ0n) is 15.2. The second kappa shape index (κ2) is 6.96. The minimum Gasteiger partial charge on any atom is -0.335 e. The number of aromatic nitrogens is 2. The van der Waals surface area contributed by atoms with E-state index in [9.17, 15) is 9.18 Å². The Balaban J connectivity index is 1.81. The first-order chi connectivity index (χ1) is 11.9. The molecule has 134 valence electrons. The van der Waals surface area contributed by atoms with Crippen LogP contribution in [0.1, 0.15) is 47.4 Å². The largest absolute Gasteiger partial charge is 0.335 e. The fourth-order valence-electron chi connectivity index (χ4n) is 3.42. The Bertz CT molecular complexity index is 738. The third kappa shape index (κ3) is 3.58. The van der Waals surface area contributed by atoms with Gasteiger partial charge in [0.25, 0.3) is 5.91 Å². The van der Waals surface area contributed by atoms with Crippen LogP contribution in [0.2, 0.25) is 0 Å². The van der Waals surface area contributed by atoms with Crippen LogP contribution >= 0.6 is 0 Å². The summed E-state index contributed by atoms with van der Waals surface area (Å²) in [5.74, 6) is 0.158. The lowest BCUT2D eigenvalue weighted by atomic mass is 9.94. The minimum atomic E-state index is -0.242. The Morgan fingerprint density at radius 1 is 1.28 bits per heavy atom. The van der Waals surface area contributed by atoms with Crippen LogP contribution < -0.4 is 0 Å². The molecule has 3 rings (SSSR count). The molecule has 1 aliphatic heterocycles. The third-order valence-corrected chi connectivity index (χ3v) is 4.98. The number of rotatable bonds is 4. The number of halogens is 1. The summed E-state index contributed by atoms with van der Waals surface area (Å²) in [4.78, 5) is 16.8. The Hall–Kier alpha value is -2.21. The van der Waals surface area contributed by atoms with Crippen LogP contribution in [0.4, 0.5) is 4.39 Å². The van der Waals surface area contributed by atoms with Crippen molar-refractivity contribution in [1.82, 2.24) is 20.0 Å². The molecule has 2 heterocycles. The van der Waals surface area contributed by atoms with Gasteiger partial charge in [-0.1, -0.05) is 26.0 Å². The maximum absolute atomic E-state index is 13.2. The number of likely N-dealkylation sites (N-methyl/N-ethyl adjacent to an activating group) is 1. The van der Waals surface area contributed by atoms with Crippen molar-refractivity contribution in [2.75, 3.05) is 27.2 Å². The van der Waals surface area contributed by atoms with Crippen LogP contribution in [0.25, 0.3) is 0 Å². The summed E-state index contributed by atoms with van der Waals surface area (Å²) in [5, 5.41) is 7.12. The van der Waals surface area contributed by atoms with E-state index < -0.39 is 0 Å². The molecular formula is C19H25FN4O. The van der Waals surface area contributed by atoms with Crippen molar-refractivity contribution in [2.24, 2.45) is 0 Å². The van der Waals surface area contributed by atoms with Gasteiger partial charge in [-0.25, -0.2) is 4.39 Å². The highest BCUT2D eigenvalue weighted by Crippen LogP contribution is 2.31. The lowest BCUT2D eigenvalue weighted by Gasteiger charge is -2.25. The van der Waals surface area contributed by atoms with E-state index in [2.05, 4.69) is 28.9 Å². The van der Waals surface area contributed by atoms with Crippen molar-refractivity contribution in [3.8, 4) is 0 Å². The molecule has 1 N–H and O–H groups in total. The van der Waals surface area contributed by atoms with Gasteiger partial charge in [-0.05, 0) is 43.8 Å². The molecule has 0 saturated carbocycles. The molecule has 6 heteroatoms. The molecule has 0 spiro atoms. The lowest BCUT2D eigenvalue weighted by Crippen LogP contribution is -2.36. The van der Waals surface area contributed by atoms with Gasteiger partial charge in [0, 0.05) is 30.7 Å². The molecule has 1 saturated heterocycles. The number of likely N-dealkylation sites (tertiary alicyclic amines) is 1. The predicted molar refractivity (Wildman–Crippen MR) is 95.2 cm³/mol. The Morgan fingerprint density at radius 3 is 2.52 bits per heavy atom. The van der Waals surface area contributed by atoms with Crippen molar-refractivity contribution in [3.05, 3.63) is 53.1 Å². The SMILES string of the molecule is CC(C)c1cc(C(=O)N2C[C@@H](N(C)C)[C@H](c3ccc(F)cc3)C2)n[nH]1. The van der Waals surface area contributed by atoms with Gasteiger partial charge in [0.2, 0.25) is 0 Å². The molecule has 1 amide bonds. The van der Waals surface area contributed by atoms with Crippen LogP contribution in [0.15, 0.2) is 30.3 Å².